The molecule has 4 N–H and O–H groups in total. The van der Waals surface area contributed by atoms with Gasteiger partial charge in [-0.2, -0.15) is 0 Å². The van der Waals surface area contributed by atoms with Gasteiger partial charge in [-0.05, 0) is 18.1 Å². The van der Waals surface area contributed by atoms with E-state index in [-0.39, 0.29) is 11.8 Å². The van der Waals surface area contributed by atoms with E-state index in [0.717, 1.165) is 12.1 Å². The van der Waals surface area contributed by atoms with Crippen LogP contribution in [0.15, 0.2) is 23.1 Å². The minimum absolute atomic E-state index is 0.282. The molecule has 0 amide bonds. The van der Waals surface area contributed by atoms with Gasteiger partial charge in [0.15, 0.2) is 0 Å². The Kier molecular flexibility index (Phi) is 4.59. The molecule has 1 rings (SSSR count). The molecule has 0 heterocycles. The van der Waals surface area contributed by atoms with Crippen LogP contribution in [-0.2, 0) is 10.0 Å². The molecule has 1 atom stereocenters. The van der Waals surface area contributed by atoms with Crippen molar-refractivity contribution < 1.29 is 17.2 Å². The number of nitrogens with one attached hydrogen (secondary N) is 2. The second-order valence-corrected chi connectivity index (χ2v) is 6.06. The Balaban J connectivity index is 3.14. The van der Waals surface area contributed by atoms with Crippen molar-refractivity contribution in [3.8, 4) is 0 Å². The van der Waals surface area contributed by atoms with Crippen LogP contribution in [0.25, 0.3) is 0 Å². The lowest BCUT2D eigenvalue weighted by Gasteiger charge is -2.20. The molecule has 8 heteroatoms. The fourth-order valence-corrected chi connectivity index (χ4v) is 2.91. The Labute approximate surface area is 110 Å². The zero-order valence-corrected chi connectivity index (χ0v) is 11.3. The van der Waals surface area contributed by atoms with Gasteiger partial charge >= 0.3 is 0 Å². The summed E-state index contributed by atoms with van der Waals surface area (Å²) in [6.45, 7) is 3.32. The Morgan fingerprint density at radius 3 is 2.37 bits per heavy atom. The molecule has 0 saturated heterocycles. The minimum Gasteiger partial charge on any atom is -0.386 e. The van der Waals surface area contributed by atoms with Crippen LogP contribution in [0.2, 0.25) is 0 Å². The number of halogens is 2. The van der Waals surface area contributed by atoms with E-state index in [0.29, 0.717) is 6.07 Å². The van der Waals surface area contributed by atoms with E-state index in [1.54, 1.807) is 13.8 Å². The number of hydrogen-bond acceptors (Lipinski definition) is 3. The number of rotatable bonds is 5. The summed E-state index contributed by atoms with van der Waals surface area (Å²) in [5, 5.41) is 7.31. The smallest absolute Gasteiger partial charge is 0.244 e. The lowest BCUT2D eigenvalue weighted by Crippen LogP contribution is -2.47. The number of nitrogens with two attached hydrogens (primary N) is 1. The van der Waals surface area contributed by atoms with E-state index in [9.17, 15) is 17.2 Å². The summed E-state index contributed by atoms with van der Waals surface area (Å²) in [4.78, 5) is -0.680. The molecule has 0 bridgehead atoms. The van der Waals surface area contributed by atoms with E-state index in [4.69, 9.17) is 11.1 Å². The summed E-state index contributed by atoms with van der Waals surface area (Å²) in [5.41, 5.74) is 5.29. The molecule has 0 fully saturated rings. The number of amidine groups is 1. The average Bonchev–Trinajstić information content (AvgIpc) is 2.24. The molecule has 0 aliphatic carbocycles. The van der Waals surface area contributed by atoms with Crippen molar-refractivity contribution in [2.24, 2.45) is 11.7 Å². The molecule has 5 nitrogen and oxygen atoms in total. The van der Waals surface area contributed by atoms with Gasteiger partial charge in [-0.25, -0.2) is 21.9 Å². The van der Waals surface area contributed by atoms with Crippen molar-refractivity contribution in [3.63, 3.8) is 0 Å². The Bertz CT molecular complexity index is 588. The van der Waals surface area contributed by atoms with Gasteiger partial charge in [0.25, 0.3) is 0 Å². The summed E-state index contributed by atoms with van der Waals surface area (Å²) in [7, 11) is -4.21. The molecule has 1 unspecified atom stereocenters. The summed E-state index contributed by atoms with van der Waals surface area (Å²) in [6.07, 6.45) is 0. The standard InChI is InChI=1S/C11H15F2N3O2S/c1-6(2)10(11(14)15)16-19(17,18)9-4-3-7(12)5-8(9)13/h3-6,10,16H,1-2H3,(H3,14,15). The second kappa shape index (κ2) is 5.62. The van der Waals surface area contributed by atoms with Crippen LogP contribution < -0.4 is 10.5 Å². The highest BCUT2D eigenvalue weighted by Gasteiger charge is 2.26. The fourth-order valence-electron chi connectivity index (χ4n) is 1.48. The van der Waals surface area contributed by atoms with Crippen LogP contribution in [-0.4, -0.2) is 20.3 Å². The van der Waals surface area contributed by atoms with Crippen molar-refractivity contribution >= 4 is 15.9 Å². The van der Waals surface area contributed by atoms with Gasteiger partial charge in [-0.15, -0.1) is 0 Å². The highest BCUT2D eigenvalue weighted by Crippen LogP contribution is 2.16. The van der Waals surface area contributed by atoms with Gasteiger partial charge < -0.3 is 5.73 Å². The summed E-state index contributed by atoms with van der Waals surface area (Å²) in [6, 6.07) is 1.20. The number of benzene rings is 1. The van der Waals surface area contributed by atoms with Crippen molar-refractivity contribution in [3.05, 3.63) is 29.8 Å². The van der Waals surface area contributed by atoms with Crippen LogP contribution in [0.4, 0.5) is 8.78 Å². The molecule has 0 saturated carbocycles. The third-order valence-corrected chi connectivity index (χ3v) is 3.94. The molecular formula is C11H15F2N3O2S. The maximum atomic E-state index is 13.5. The van der Waals surface area contributed by atoms with Crippen molar-refractivity contribution in [1.29, 1.82) is 5.41 Å². The van der Waals surface area contributed by atoms with Crippen molar-refractivity contribution in [2.75, 3.05) is 0 Å². The zero-order chi connectivity index (χ0) is 14.8. The van der Waals surface area contributed by atoms with Crippen molar-refractivity contribution in [1.82, 2.24) is 4.72 Å². The van der Waals surface area contributed by atoms with Gasteiger partial charge in [-0.3, -0.25) is 5.41 Å². The molecular weight excluding hydrogens is 276 g/mol. The quantitative estimate of drug-likeness (QED) is 0.562. The van der Waals surface area contributed by atoms with Crippen LogP contribution in [0.5, 0.6) is 0 Å². The monoisotopic (exact) mass is 291 g/mol. The normalized spacial score (nSPS) is 13.5. The van der Waals surface area contributed by atoms with Gasteiger partial charge in [-0.1, -0.05) is 13.8 Å². The fraction of sp³-hybridized carbons (Fsp3) is 0.364. The van der Waals surface area contributed by atoms with Gasteiger partial charge in [0.2, 0.25) is 10.0 Å². The maximum absolute atomic E-state index is 13.5. The Hall–Kier alpha value is -1.54. The van der Waals surface area contributed by atoms with Gasteiger partial charge in [0, 0.05) is 6.07 Å². The highest BCUT2D eigenvalue weighted by atomic mass is 32.2. The van der Waals surface area contributed by atoms with Crippen LogP contribution in [0.3, 0.4) is 0 Å². The lowest BCUT2D eigenvalue weighted by molar-refractivity contribution is 0.511. The summed E-state index contributed by atoms with van der Waals surface area (Å²) >= 11 is 0. The first-order chi connectivity index (χ1) is 8.65. The molecule has 0 aliphatic heterocycles. The molecule has 0 aromatic heterocycles. The van der Waals surface area contributed by atoms with E-state index < -0.39 is 32.6 Å². The maximum Gasteiger partial charge on any atom is 0.244 e. The highest BCUT2D eigenvalue weighted by molar-refractivity contribution is 7.89. The Morgan fingerprint density at radius 1 is 1.37 bits per heavy atom. The number of hydrogen-bond donors (Lipinski definition) is 3. The van der Waals surface area contributed by atoms with Crippen LogP contribution in [0.1, 0.15) is 13.8 Å². The largest absolute Gasteiger partial charge is 0.386 e. The lowest BCUT2D eigenvalue weighted by atomic mass is 10.1. The van der Waals surface area contributed by atoms with Gasteiger partial charge in [0.05, 0.1) is 6.04 Å². The van der Waals surface area contributed by atoms with E-state index in [1.165, 1.54) is 0 Å². The average molecular weight is 291 g/mol. The SMILES string of the molecule is CC(C)C(NS(=O)(=O)c1ccc(F)cc1F)C(=N)N. The molecule has 0 radical (unpaired) electrons. The molecule has 19 heavy (non-hydrogen) atoms. The molecule has 1 aromatic carbocycles. The molecule has 1 aromatic rings. The Morgan fingerprint density at radius 2 is 1.95 bits per heavy atom. The topological polar surface area (TPSA) is 96.0 Å². The van der Waals surface area contributed by atoms with Crippen molar-refractivity contribution in [2.45, 2.75) is 24.8 Å². The first kappa shape index (κ1) is 15.5. The predicted molar refractivity (Wildman–Crippen MR) is 67.2 cm³/mol. The molecule has 0 aliphatic rings. The number of sulfonamides is 1. The predicted octanol–water partition coefficient (Wildman–Crippen LogP) is 1.20. The third kappa shape index (κ3) is 3.71. The molecule has 106 valence electrons. The van der Waals surface area contributed by atoms with Crippen LogP contribution in [0, 0.1) is 23.0 Å². The first-order valence-electron chi connectivity index (χ1n) is 5.46. The van der Waals surface area contributed by atoms with E-state index in [1.807, 2.05) is 0 Å². The molecule has 0 spiro atoms. The van der Waals surface area contributed by atoms with E-state index >= 15 is 0 Å². The summed E-state index contributed by atoms with van der Waals surface area (Å²) < 4.78 is 52.2. The second-order valence-electron chi connectivity index (χ2n) is 4.37. The summed E-state index contributed by atoms with van der Waals surface area (Å²) in [5.74, 6) is -2.72. The minimum atomic E-state index is -4.21. The van der Waals surface area contributed by atoms with E-state index in [2.05, 4.69) is 4.72 Å². The van der Waals surface area contributed by atoms with Crippen LogP contribution >= 0.6 is 0 Å². The first-order valence-corrected chi connectivity index (χ1v) is 6.94. The van der Waals surface area contributed by atoms with Gasteiger partial charge in [0.1, 0.15) is 22.4 Å². The third-order valence-electron chi connectivity index (χ3n) is 2.47. The zero-order valence-electron chi connectivity index (χ0n) is 10.4.